The lowest BCUT2D eigenvalue weighted by Gasteiger charge is -2.14. The van der Waals surface area contributed by atoms with E-state index in [0.717, 1.165) is 0 Å². The summed E-state index contributed by atoms with van der Waals surface area (Å²) >= 11 is 3.07. The highest BCUT2D eigenvalue weighted by molar-refractivity contribution is 9.10. The van der Waals surface area contributed by atoms with E-state index < -0.39 is 6.10 Å². The van der Waals surface area contributed by atoms with Crippen molar-refractivity contribution in [3.8, 4) is 0 Å². The molecule has 1 aromatic rings. The van der Waals surface area contributed by atoms with Gasteiger partial charge in [0.2, 0.25) is 0 Å². The predicted molar refractivity (Wildman–Crippen MR) is 59.1 cm³/mol. The van der Waals surface area contributed by atoms with Gasteiger partial charge in [0.1, 0.15) is 11.9 Å². The van der Waals surface area contributed by atoms with Gasteiger partial charge < -0.3 is 4.74 Å². The van der Waals surface area contributed by atoms with Crippen LogP contribution in [0.4, 0.5) is 4.39 Å². The first kappa shape index (κ1) is 12.3. The Morgan fingerprint density at radius 3 is 2.73 bits per heavy atom. The lowest BCUT2D eigenvalue weighted by molar-refractivity contribution is -0.128. The number of hydrogen-bond donors (Lipinski definition) is 0. The van der Waals surface area contributed by atoms with E-state index in [9.17, 15) is 9.18 Å². The van der Waals surface area contributed by atoms with E-state index in [2.05, 4.69) is 15.9 Å². The van der Waals surface area contributed by atoms with Crippen LogP contribution in [0.5, 0.6) is 0 Å². The van der Waals surface area contributed by atoms with E-state index in [-0.39, 0.29) is 11.6 Å². The highest BCUT2D eigenvalue weighted by Crippen LogP contribution is 2.24. The van der Waals surface area contributed by atoms with Crippen LogP contribution in [0.1, 0.15) is 25.5 Å². The zero-order valence-electron chi connectivity index (χ0n) is 8.59. The molecule has 1 rings (SSSR count). The van der Waals surface area contributed by atoms with Crippen molar-refractivity contribution < 1.29 is 13.9 Å². The van der Waals surface area contributed by atoms with Crippen LogP contribution in [0.15, 0.2) is 22.7 Å². The molecule has 0 radical (unpaired) electrons. The van der Waals surface area contributed by atoms with Gasteiger partial charge in [-0.25, -0.2) is 4.39 Å². The third-order valence-electron chi connectivity index (χ3n) is 1.95. The summed E-state index contributed by atoms with van der Waals surface area (Å²) in [5.41, 5.74) is 0.664. The fourth-order valence-corrected chi connectivity index (χ4v) is 1.69. The first-order chi connectivity index (χ1) is 7.06. The number of ether oxygens (including phenoxy) is 1. The second-order valence-corrected chi connectivity index (χ2v) is 3.97. The van der Waals surface area contributed by atoms with Gasteiger partial charge in [-0.05, 0) is 47.5 Å². The third-order valence-corrected chi connectivity index (χ3v) is 2.56. The van der Waals surface area contributed by atoms with Crippen molar-refractivity contribution in [2.75, 3.05) is 6.61 Å². The van der Waals surface area contributed by atoms with Gasteiger partial charge in [0.15, 0.2) is 5.78 Å². The maximum atomic E-state index is 13.0. The van der Waals surface area contributed by atoms with E-state index in [4.69, 9.17) is 4.74 Å². The molecule has 0 amide bonds. The maximum Gasteiger partial charge on any atom is 0.163 e. The molecule has 1 unspecified atom stereocenters. The van der Waals surface area contributed by atoms with Crippen LogP contribution in [0.2, 0.25) is 0 Å². The van der Waals surface area contributed by atoms with Crippen LogP contribution in [0.25, 0.3) is 0 Å². The molecule has 0 spiro atoms. The zero-order valence-corrected chi connectivity index (χ0v) is 10.2. The third kappa shape index (κ3) is 3.11. The van der Waals surface area contributed by atoms with Crippen LogP contribution in [-0.2, 0) is 9.53 Å². The van der Waals surface area contributed by atoms with Gasteiger partial charge in [0.25, 0.3) is 0 Å². The molecular weight excluding hydrogens is 263 g/mol. The largest absolute Gasteiger partial charge is 0.366 e. The molecule has 15 heavy (non-hydrogen) atoms. The Hall–Kier alpha value is -0.740. The average molecular weight is 275 g/mol. The van der Waals surface area contributed by atoms with E-state index in [1.165, 1.54) is 13.0 Å². The van der Waals surface area contributed by atoms with Crippen molar-refractivity contribution >= 4 is 21.7 Å². The molecule has 1 atom stereocenters. The van der Waals surface area contributed by atoms with Gasteiger partial charge >= 0.3 is 0 Å². The summed E-state index contributed by atoms with van der Waals surface area (Å²) in [6, 6.07) is 4.44. The number of carbonyl (C=O) groups is 1. The van der Waals surface area contributed by atoms with Gasteiger partial charge in [0.05, 0.1) is 4.47 Å². The number of benzene rings is 1. The van der Waals surface area contributed by atoms with Crippen LogP contribution in [0, 0.1) is 5.82 Å². The standard InChI is InChI=1S/C11H12BrFO2/c1-3-15-11(7(2)14)8-4-5-10(13)9(12)6-8/h4-6,11H,3H2,1-2H3. The summed E-state index contributed by atoms with van der Waals surface area (Å²) in [6.45, 7) is 3.71. The smallest absolute Gasteiger partial charge is 0.163 e. The van der Waals surface area contributed by atoms with Crippen molar-refractivity contribution in [3.63, 3.8) is 0 Å². The Balaban J connectivity index is 3.01. The second kappa shape index (κ2) is 5.37. The first-order valence-corrected chi connectivity index (χ1v) is 5.42. The monoisotopic (exact) mass is 274 g/mol. The van der Waals surface area contributed by atoms with Crippen LogP contribution in [0.3, 0.4) is 0 Å². The Labute approximate surface area is 96.6 Å². The molecule has 0 N–H and O–H groups in total. The molecule has 4 heteroatoms. The number of halogens is 2. The second-order valence-electron chi connectivity index (χ2n) is 3.12. The molecule has 2 nitrogen and oxygen atoms in total. The Morgan fingerprint density at radius 2 is 2.27 bits per heavy atom. The molecule has 0 aliphatic carbocycles. The van der Waals surface area contributed by atoms with Gasteiger partial charge in [-0.1, -0.05) is 6.07 Å². The van der Waals surface area contributed by atoms with Gasteiger partial charge in [-0.15, -0.1) is 0 Å². The normalized spacial score (nSPS) is 12.5. The molecule has 0 heterocycles. The molecular formula is C11H12BrFO2. The summed E-state index contributed by atoms with van der Waals surface area (Å²) in [5.74, 6) is -0.437. The minimum atomic E-state index is -0.605. The van der Waals surface area contributed by atoms with E-state index in [0.29, 0.717) is 16.6 Å². The Morgan fingerprint density at radius 1 is 1.60 bits per heavy atom. The number of hydrogen-bond acceptors (Lipinski definition) is 2. The first-order valence-electron chi connectivity index (χ1n) is 4.63. The fraction of sp³-hybridized carbons (Fsp3) is 0.364. The van der Waals surface area contributed by atoms with Crippen molar-refractivity contribution in [1.82, 2.24) is 0 Å². The molecule has 0 aromatic heterocycles. The van der Waals surface area contributed by atoms with Crippen LogP contribution >= 0.6 is 15.9 Å². The van der Waals surface area contributed by atoms with Crippen LogP contribution in [-0.4, -0.2) is 12.4 Å². The molecule has 0 bridgehead atoms. The predicted octanol–water partition coefficient (Wildman–Crippen LogP) is 3.25. The molecule has 0 fully saturated rings. The summed E-state index contributed by atoms with van der Waals surface area (Å²) in [5, 5.41) is 0. The van der Waals surface area contributed by atoms with E-state index >= 15 is 0 Å². The SMILES string of the molecule is CCOC(C(C)=O)c1ccc(F)c(Br)c1. The number of Topliss-reactive ketones (excluding diaryl/α,β-unsaturated/α-hetero) is 1. The van der Waals surface area contributed by atoms with E-state index in [1.54, 1.807) is 12.1 Å². The van der Waals surface area contributed by atoms with Gasteiger partial charge in [-0.3, -0.25) is 4.79 Å². The summed E-state index contributed by atoms with van der Waals surface area (Å²) in [6.07, 6.45) is -0.605. The molecule has 0 aliphatic rings. The lowest BCUT2D eigenvalue weighted by atomic mass is 10.1. The number of rotatable bonds is 4. The van der Waals surface area contributed by atoms with Crippen molar-refractivity contribution in [2.24, 2.45) is 0 Å². The zero-order chi connectivity index (χ0) is 11.4. The van der Waals surface area contributed by atoms with Crippen molar-refractivity contribution in [3.05, 3.63) is 34.1 Å². The summed E-state index contributed by atoms with van der Waals surface area (Å²) in [4.78, 5) is 11.3. The Kier molecular flexibility index (Phi) is 4.42. The summed E-state index contributed by atoms with van der Waals surface area (Å²) < 4.78 is 18.6. The minimum Gasteiger partial charge on any atom is -0.366 e. The van der Waals surface area contributed by atoms with Crippen molar-refractivity contribution in [1.29, 1.82) is 0 Å². The molecule has 0 saturated heterocycles. The minimum absolute atomic E-state index is 0.0876. The van der Waals surface area contributed by atoms with Crippen LogP contribution < -0.4 is 0 Å². The van der Waals surface area contributed by atoms with Crippen molar-refractivity contribution in [2.45, 2.75) is 20.0 Å². The highest BCUT2D eigenvalue weighted by Gasteiger charge is 2.17. The quantitative estimate of drug-likeness (QED) is 0.843. The van der Waals surface area contributed by atoms with Gasteiger partial charge in [0, 0.05) is 6.61 Å². The molecule has 1 aromatic carbocycles. The molecule has 82 valence electrons. The summed E-state index contributed by atoms with van der Waals surface area (Å²) in [7, 11) is 0. The Bertz CT molecular complexity index is 366. The topological polar surface area (TPSA) is 26.3 Å². The lowest BCUT2D eigenvalue weighted by Crippen LogP contribution is -2.13. The maximum absolute atomic E-state index is 13.0. The molecule has 0 aliphatic heterocycles. The highest BCUT2D eigenvalue weighted by atomic mass is 79.9. The molecule has 0 saturated carbocycles. The van der Waals surface area contributed by atoms with Gasteiger partial charge in [-0.2, -0.15) is 0 Å². The van der Waals surface area contributed by atoms with E-state index in [1.807, 2.05) is 6.92 Å². The number of carbonyl (C=O) groups excluding carboxylic acids is 1. The average Bonchev–Trinajstić information content (AvgIpc) is 2.18. The number of ketones is 1. The fourth-order valence-electron chi connectivity index (χ4n) is 1.29.